The largest absolute Gasteiger partial charge is 0.462 e. The molecule has 0 unspecified atom stereocenters. The van der Waals surface area contributed by atoms with Crippen molar-refractivity contribution in [2.24, 2.45) is 0 Å². The molecule has 0 aliphatic carbocycles. The van der Waals surface area contributed by atoms with E-state index in [4.69, 9.17) is 9.47 Å². The van der Waals surface area contributed by atoms with Gasteiger partial charge in [0, 0.05) is 29.7 Å². The van der Waals surface area contributed by atoms with Gasteiger partial charge >= 0.3 is 11.9 Å². The average molecular weight is 314 g/mol. The molecule has 0 saturated heterocycles. The number of nitrogens with zero attached hydrogens (tertiary/aromatic N) is 1. The lowest BCUT2D eigenvalue weighted by molar-refractivity contribution is -0.146. The molecule has 1 aromatic heterocycles. The number of pyridine rings is 1. The van der Waals surface area contributed by atoms with Gasteiger partial charge in [-0.15, -0.1) is 0 Å². The molecular formula is C17H18N2O4. The van der Waals surface area contributed by atoms with Crippen LogP contribution in [-0.2, 0) is 19.1 Å². The minimum absolute atomic E-state index is 0.174. The molecule has 0 aliphatic rings. The maximum atomic E-state index is 11.9. The van der Waals surface area contributed by atoms with E-state index in [1.165, 1.54) is 6.20 Å². The van der Waals surface area contributed by atoms with Crippen molar-refractivity contribution in [1.29, 1.82) is 0 Å². The van der Waals surface area contributed by atoms with Crippen LogP contribution < -0.4 is 5.32 Å². The third-order valence-corrected chi connectivity index (χ3v) is 3.05. The molecule has 1 heterocycles. The minimum Gasteiger partial charge on any atom is -0.462 e. The van der Waals surface area contributed by atoms with E-state index in [1.807, 2.05) is 24.3 Å². The zero-order valence-electron chi connectivity index (χ0n) is 13.0. The molecule has 0 saturated carbocycles. The van der Waals surface area contributed by atoms with Crippen molar-refractivity contribution in [3.63, 3.8) is 0 Å². The molecule has 23 heavy (non-hydrogen) atoms. The smallest absolute Gasteiger partial charge is 0.347 e. The molecule has 1 N–H and O–H groups in total. The maximum absolute atomic E-state index is 11.9. The molecule has 0 amide bonds. The van der Waals surface area contributed by atoms with Gasteiger partial charge in [0.1, 0.15) is 0 Å². The number of carbonyl (C=O) groups excluding carboxylic acids is 2. The van der Waals surface area contributed by atoms with Gasteiger partial charge in [-0.05, 0) is 31.4 Å². The van der Waals surface area contributed by atoms with E-state index in [9.17, 15) is 9.59 Å². The van der Waals surface area contributed by atoms with Crippen molar-refractivity contribution in [2.45, 2.75) is 13.8 Å². The fourth-order valence-electron chi connectivity index (χ4n) is 2.01. The summed E-state index contributed by atoms with van der Waals surface area (Å²) in [6.45, 7) is 3.69. The van der Waals surface area contributed by atoms with E-state index in [2.05, 4.69) is 10.3 Å². The predicted molar refractivity (Wildman–Crippen MR) is 86.7 cm³/mol. The van der Waals surface area contributed by atoms with Gasteiger partial charge in [-0.25, -0.2) is 9.59 Å². The Labute approximate surface area is 134 Å². The predicted octanol–water partition coefficient (Wildman–Crippen LogP) is 2.66. The van der Waals surface area contributed by atoms with Crippen molar-refractivity contribution in [3.05, 3.63) is 48.4 Å². The molecule has 0 atom stereocenters. The highest BCUT2D eigenvalue weighted by Gasteiger charge is 2.21. The lowest BCUT2D eigenvalue weighted by Gasteiger charge is -2.09. The number of esters is 2. The summed E-state index contributed by atoms with van der Waals surface area (Å²) in [4.78, 5) is 27.9. The van der Waals surface area contributed by atoms with Crippen molar-refractivity contribution in [3.8, 4) is 0 Å². The Morgan fingerprint density at radius 3 is 2.48 bits per heavy atom. The lowest BCUT2D eigenvalue weighted by atomic mass is 10.1. The highest BCUT2D eigenvalue weighted by atomic mass is 16.6. The molecule has 6 heteroatoms. The number of aromatic nitrogens is 1. The van der Waals surface area contributed by atoms with Crippen LogP contribution in [0.25, 0.3) is 10.8 Å². The summed E-state index contributed by atoms with van der Waals surface area (Å²) in [7, 11) is 0. The molecule has 0 radical (unpaired) electrons. The Morgan fingerprint density at radius 1 is 1.13 bits per heavy atom. The van der Waals surface area contributed by atoms with Gasteiger partial charge in [0.05, 0.1) is 13.2 Å². The Kier molecular flexibility index (Phi) is 5.68. The van der Waals surface area contributed by atoms with Crippen molar-refractivity contribution in [2.75, 3.05) is 18.5 Å². The second kappa shape index (κ2) is 7.93. The first-order valence-electron chi connectivity index (χ1n) is 7.31. The van der Waals surface area contributed by atoms with E-state index in [-0.39, 0.29) is 18.8 Å². The maximum Gasteiger partial charge on any atom is 0.347 e. The molecule has 2 aromatic rings. The van der Waals surface area contributed by atoms with Gasteiger partial charge in [-0.3, -0.25) is 4.98 Å². The summed E-state index contributed by atoms with van der Waals surface area (Å²) in [6.07, 6.45) is 4.71. The van der Waals surface area contributed by atoms with Gasteiger partial charge in [0.25, 0.3) is 0 Å². The van der Waals surface area contributed by atoms with Crippen LogP contribution >= 0.6 is 0 Å². The van der Waals surface area contributed by atoms with E-state index >= 15 is 0 Å². The topological polar surface area (TPSA) is 77.5 Å². The molecular weight excluding hydrogens is 296 g/mol. The van der Waals surface area contributed by atoms with Crippen molar-refractivity contribution < 1.29 is 19.1 Å². The Bertz CT molecular complexity index is 715. The second-order valence-electron chi connectivity index (χ2n) is 4.55. The number of benzene rings is 1. The normalized spacial score (nSPS) is 10.0. The second-order valence-corrected chi connectivity index (χ2v) is 4.55. The number of nitrogens with one attached hydrogen (secondary N) is 1. The third-order valence-electron chi connectivity index (χ3n) is 3.05. The van der Waals surface area contributed by atoms with Crippen LogP contribution in [0, 0.1) is 0 Å². The van der Waals surface area contributed by atoms with Crippen LogP contribution in [0.1, 0.15) is 13.8 Å². The van der Waals surface area contributed by atoms with Crippen LogP contribution in [0.15, 0.2) is 48.4 Å². The molecule has 0 fully saturated rings. The molecule has 0 aliphatic heterocycles. The first-order chi connectivity index (χ1) is 11.2. The summed E-state index contributed by atoms with van der Waals surface area (Å²) >= 11 is 0. The first-order valence-corrected chi connectivity index (χ1v) is 7.31. The molecule has 2 rings (SSSR count). The highest BCUT2D eigenvalue weighted by Crippen LogP contribution is 2.22. The molecule has 120 valence electrons. The van der Waals surface area contributed by atoms with Crippen LogP contribution in [0.5, 0.6) is 0 Å². The van der Waals surface area contributed by atoms with E-state index < -0.39 is 11.9 Å². The van der Waals surface area contributed by atoms with Crippen LogP contribution in [-0.4, -0.2) is 30.1 Å². The van der Waals surface area contributed by atoms with Gasteiger partial charge in [-0.2, -0.15) is 0 Å². The highest BCUT2D eigenvalue weighted by molar-refractivity contribution is 6.14. The summed E-state index contributed by atoms with van der Waals surface area (Å²) in [5.41, 5.74) is 0.538. The average Bonchev–Trinajstić information content (AvgIpc) is 2.55. The Morgan fingerprint density at radius 2 is 1.83 bits per heavy atom. The summed E-state index contributed by atoms with van der Waals surface area (Å²) in [5, 5.41) is 4.83. The number of anilines is 1. The van der Waals surface area contributed by atoms with Gasteiger partial charge in [0.15, 0.2) is 5.57 Å². The Balaban J connectivity index is 2.31. The standard InChI is InChI=1S/C17H18N2O4/c1-3-22-16(20)14(17(21)23-4-2)11-19-15-7-5-6-12-8-9-18-10-13(12)15/h5-11,19H,3-4H2,1-2H3. The zero-order valence-corrected chi connectivity index (χ0v) is 13.0. The van der Waals surface area contributed by atoms with Gasteiger partial charge in [-0.1, -0.05) is 12.1 Å². The van der Waals surface area contributed by atoms with E-state index in [1.54, 1.807) is 26.2 Å². The van der Waals surface area contributed by atoms with Gasteiger partial charge < -0.3 is 14.8 Å². The van der Waals surface area contributed by atoms with Crippen LogP contribution in [0.4, 0.5) is 5.69 Å². The van der Waals surface area contributed by atoms with Crippen molar-refractivity contribution >= 4 is 28.4 Å². The molecule has 0 bridgehead atoms. The Hall–Kier alpha value is -2.89. The lowest BCUT2D eigenvalue weighted by Crippen LogP contribution is -2.19. The van der Waals surface area contributed by atoms with Crippen LogP contribution in [0.3, 0.4) is 0 Å². The monoisotopic (exact) mass is 314 g/mol. The van der Waals surface area contributed by atoms with E-state index in [0.717, 1.165) is 16.5 Å². The number of hydrogen-bond donors (Lipinski definition) is 1. The van der Waals surface area contributed by atoms with E-state index in [0.29, 0.717) is 0 Å². The summed E-state index contributed by atoms with van der Waals surface area (Å²) in [5.74, 6) is -1.45. The van der Waals surface area contributed by atoms with Crippen molar-refractivity contribution in [1.82, 2.24) is 4.98 Å². The number of hydrogen-bond acceptors (Lipinski definition) is 6. The number of carbonyl (C=O) groups is 2. The SMILES string of the molecule is CCOC(=O)C(=CNc1cccc2ccncc12)C(=O)OCC. The first kappa shape index (κ1) is 16.5. The third kappa shape index (κ3) is 4.06. The fourth-order valence-corrected chi connectivity index (χ4v) is 2.01. The van der Waals surface area contributed by atoms with Gasteiger partial charge in [0.2, 0.25) is 0 Å². The molecule has 0 spiro atoms. The summed E-state index contributed by atoms with van der Waals surface area (Å²) < 4.78 is 9.77. The quantitative estimate of drug-likeness (QED) is 0.382. The zero-order chi connectivity index (χ0) is 16.7. The summed E-state index contributed by atoms with van der Waals surface area (Å²) in [6, 6.07) is 7.52. The number of rotatable bonds is 6. The number of ether oxygens (including phenoxy) is 2. The van der Waals surface area contributed by atoms with Crippen LogP contribution in [0.2, 0.25) is 0 Å². The fraction of sp³-hybridized carbons (Fsp3) is 0.235. The minimum atomic E-state index is -0.725. The molecule has 1 aromatic carbocycles. The molecule has 6 nitrogen and oxygen atoms in total. The number of fused-ring (bicyclic) bond motifs is 1.